The lowest BCUT2D eigenvalue weighted by Crippen LogP contribution is -2.38. The molecule has 1 unspecified atom stereocenters. The fourth-order valence-electron chi connectivity index (χ4n) is 2.96. The van der Waals surface area contributed by atoms with E-state index in [0.29, 0.717) is 0 Å². The molecule has 0 saturated carbocycles. The van der Waals surface area contributed by atoms with Crippen LogP contribution in [0.4, 0.5) is 0 Å². The molecule has 0 spiro atoms. The summed E-state index contributed by atoms with van der Waals surface area (Å²) in [6, 6.07) is 0. The highest BCUT2D eigenvalue weighted by Crippen LogP contribution is 2.64. The molecule has 1 heterocycles. The van der Waals surface area contributed by atoms with Gasteiger partial charge in [0.15, 0.2) is 0 Å². The van der Waals surface area contributed by atoms with Crippen LogP contribution in [0.1, 0.15) is 68.7 Å². The molecule has 2 rings (SSSR count). The first-order chi connectivity index (χ1) is 9.77. The molecule has 0 fully saturated rings. The Hall–Kier alpha value is -0.0800. The molecule has 0 N–H and O–H groups in total. The molecule has 2 aliphatic rings. The standard InChI is InChI=1S/C20H32S2/c1-17(2,3)14-10-11-15(12-14)20(19(7,8)9)13-16(21-22-20)18(4,5)6/h10,12-13H,11H2,1-9H3. The van der Waals surface area contributed by atoms with Gasteiger partial charge in [-0.05, 0) is 38.7 Å². The molecule has 0 aromatic heterocycles. The van der Waals surface area contributed by atoms with Gasteiger partial charge in [-0.25, -0.2) is 0 Å². The predicted molar refractivity (Wildman–Crippen MR) is 105 cm³/mol. The quantitative estimate of drug-likeness (QED) is 0.457. The van der Waals surface area contributed by atoms with Gasteiger partial charge >= 0.3 is 0 Å². The van der Waals surface area contributed by atoms with Crippen molar-refractivity contribution in [2.45, 2.75) is 73.5 Å². The van der Waals surface area contributed by atoms with E-state index in [4.69, 9.17) is 0 Å². The summed E-state index contributed by atoms with van der Waals surface area (Å²) in [7, 11) is 4.06. The monoisotopic (exact) mass is 336 g/mol. The van der Waals surface area contributed by atoms with Crippen LogP contribution in [0.2, 0.25) is 0 Å². The van der Waals surface area contributed by atoms with Gasteiger partial charge in [0.05, 0.1) is 4.75 Å². The van der Waals surface area contributed by atoms with Gasteiger partial charge in [0.1, 0.15) is 0 Å². The molecule has 1 aliphatic heterocycles. The summed E-state index contributed by atoms with van der Waals surface area (Å²) in [5.74, 6) is 0. The Morgan fingerprint density at radius 1 is 0.909 bits per heavy atom. The van der Waals surface area contributed by atoms with Crippen molar-refractivity contribution in [2.24, 2.45) is 16.2 Å². The molecular formula is C20H32S2. The lowest BCUT2D eigenvalue weighted by molar-refractivity contribution is 0.359. The molecule has 22 heavy (non-hydrogen) atoms. The third kappa shape index (κ3) is 3.24. The number of allylic oxidation sites excluding steroid dienone is 4. The first-order valence-electron chi connectivity index (χ1n) is 8.28. The highest BCUT2D eigenvalue weighted by atomic mass is 33.1. The number of hydrogen-bond donors (Lipinski definition) is 0. The Kier molecular flexibility index (Phi) is 4.55. The fraction of sp³-hybridized carbons (Fsp3) is 0.700. The Morgan fingerprint density at radius 2 is 1.50 bits per heavy atom. The van der Waals surface area contributed by atoms with Crippen LogP contribution in [0, 0.1) is 16.2 Å². The van der Waals surface area contributed by atoms with Gasteiger partial charge in [-0.1, -0.05) is 102 Å². The first kappa shape index (κ1) is 18.3. The zero-order valence-corrected chi connectivity index (χ0v) is 17.4. The van der Waals surface area contributed by atoms with Crippen LogP contribution in [-0.2, 0) is 0 Å². The zero-order valence-electron chi connectivity index (χ0n) is 15.8. The first-order valence-corrected chi connectivity index (χ1v) is 10.4. The van der Waals surface area contributed by atoms with Crippen molar-refractivity contribution in [3.8, 4) is 0 Å². The molecule has 124 valence electrons. The molecule has 0 aromatic carbocycles. The average molecular weight is 337 g/mol. The van der Waals surface area contributed by atoms with Gasteiger partial charge in [-0.3, -0.25) is 0 Å². The van der Waals surface area contributed by atoms with Crippen LogP contribution < -0.4 is 0 Å². The van der Waals surface area contributed by atoms with Crippen LogP contribution in [0.25, 0.3) is 0 Å². The molecule has 0 saturated heterocycles. The third-order valence-corrected chi connectivity index (χ3v) is 8.49. The minimum Gasteiger partial charge on any atom is -0.0766 e. The normalized spacial score (nSPS) is 26.9. The van der Waals surface area contributed by atoms with Gasteiger partial charge in [-0.15, -0.1) is 0 Å². The van der Waals surface area contributed by atoms with Crippen molar-refractivity contribution in [3.63, 3.8) is 0 Å². The molecule has 0 bridgehead atoms. The Labute approximate surface area is 145 Å². The van der Waals surface area contributed by atoms with Crippen molar-refractivity contribution in [3.05, 3.63) is 34.3 Å². The Bertz CT molecular complexity index is 542. The van der Waals surface area contributed by atoms with E-state index < -0.39 is 0 Å². The van der Waals surface area contributed by atoms with E-state index in [1.54, 1.807) is 5.57 Å². The topological polar surface area (TPSA) is 0 Å². The smallest absolute Gasteiger partial charge is 0.0720 e. The van der Waals surface area contributed by atoms with E-state index in [1.807, 2.05) is 10.8 Å². The Morgan fingerprint density at radius 3 is 1.86 bits per heavy atom. The lowest BCUT2D eigenvalue weighted by atomic mass is 9.73. The highest BCUT2D eigenvalue weighted by Gasteiger charge is 2.49. The van der Waals surface area contributed by atoms with E-state index in [2.05, 4.69) is 91.3 Å². The van der Waals surface area contributed by atoms with Gasteiger partial charge in [0.25, 0.3) is 0 Å². The van der Waals surface area contributed by atoms with Gasteiger partial charge < -0.3 is 0 Å². The van der Waals surface area contributed by atoms with Gasteiger partial charge in [-0.2, -0.15) is 0 Å². The molecular weight excluding hydrogens is 304 g/mol. The molecule has 0 amide bonds. The van der Waals surface area contributed by atoms with E-state index in [9.17, 15) is 0 Å². The summed E-state index contributed by atoms with van der Waals surface area (Å²) in [5.41, 5.74) is 3.78. The largest absolute Gasteiger partial charge is 0.0766 e. The van der Waals surface area contributed by atoms with Crippen molar-refractivity contribution >= 4 is 21.6 Å². The van der Waals surface area contributed by atoms with Crippen LogP contribution in [0.3, 0.4) is 0 Å². The zero-order chi connectivity index (χ0) is 17.0. The van der Waals surface area contributed by atoms with Crippen molar-refractivity contribution in [1.82, 2.24) is 0 Å². The van der Waals surface area contributed by atoms with Crippen molar-refractivity contribution in [1.29, 1.82) is 0 Å². The average Bonchev–Trinajstić information content (AvgIpc) is 2.93. The van der Waals surface area contributed by atoms with Gasteiger partial charge in [0, 0.05) is 0 Å². The maximum absolute atomic E-state index is 2.58. The Balaban J connectivity index is 2.47. The van der Waals surface area contributed by atoms with Crippen LogP contribution >= 0.6 is 21.6 Å². The summed E-state index contributed by atoms with van der Waals surface area (Å²) in [4.78, 5) is 1.53. The lowest BCUT2D eigenvalue weighted by Gasteiger charge is -2.40. The number of hydrogen-bond acceptors (Lipinski definition) is 2. The second-order valence-electron chi connectivity index (χ2n) is 9.69. The molecule has 0 radical (unpaired) electrons. The summed E-state index contributed by atoms with van der Waals surface area (Å²) in [6.07, 6.45) is 8.61. The third-order valence-electron chi connectivity index (χ3n) is 4.67. The van der Waals surface area contributed by atoms with E-state index in [0.717, 1.165) is 6.42 Å². The van der Waals surface area contributed by atoms with Gasteiger partial charge in [0.2, 0.25) is 0 Å². The second-order valence-corrected chi connectivity index (χ2v) is 12.1. The second kappa shape index (κ2) is 5.48. The summed E-state index contributed by atoms with van der Waals surface area (Å²) in [5, 5.41) is 0. The van der Waals surface area contributed by atoms with Crippen LogP contribution in [0.5, 0.6) is 0 Å². The van der Waals surface area contributed by atoms with Crippen molar-refractivity contribution in [2.75, 3.05) is 0 Å². The molecule has 2 heteroatoms. The van der Waals surface area contributed by atoms with E-state index in [1.165, 1.54) is 10.5 Å². The molecule has 0 nitrogen and oxygen atoms in total. The maximum atomic E-state index is 2.58. The van der Waals surface area contributed by atoms with Crippen LogP contribution in [-0.4, -0.2) is 4.75 Å². The SMILES string of the molecule is CC(C)(C)C1=CCC(C2(C(C)(C)C)C=C(C(C)(C)C)SS2)=C1. The number of rotatable bonds is 1. The fourth-order valence-corrected chi connectivity index (χ4v) is 7.17. The molecule has 1 atom stereocenters. The molecule has 1 aliphatic carbocycles. The van der Waals surface area contributed by atoms with E-state index >= 15 is 0 Å². The summed E-state index contributed by atoms with van der Waals surface area (Å²) >= 11 is 0. The maximum Gasteiger partial charge on any atom is 0.0720 e. The minimum atomic E-state index is 0.115. The highest BCUT2D eigenvalue weighted by molar-refractivity contribution is 8.79. The minimum absolute atomic E-state index is 0.115. The summed E-state index contributed by atoms with van der Waals surface area (Å²) in [6.45, 7) is 21.1. The van der Waals surface area contributed by atoms with E-state index in [-0.39, 0.29) is 21.0 Å². The summed E-state index contributed by atoms with van der Waals surface area (Å²) < 4.78 is 0.115. The van der Waals surface area contributed by atoms with Crippen LogP contribution in [0.15, 0.2) is 34.3 Å². The predicted octanol–water partition coefficient (Wildman–Crippen LogP) is 7.40. The molecule has 0 aromatic rings. The van der Waals surface area contributed by atoms with Crippen molar-refractivity contribution < 1.29 is 0 Å².